The zero-order valence-electron chi connectivity index (χ0n) is 21.5. The summed E-state index contributed by atoms with van der Waals surface area (Å²) in [6.45, 7) is 5.41. The van der Waals surface area contributed by atoms with Crippen LogP contribution in [0.15, 0.2) is 0 Å². The summed E-state index contributed by atoms with van der Waals surface area (Å²) in [6, 6.07) is -2.01. The van der Waals surface area contributed by atoms with Gasteiger partial charge in [-0.05, 0) is 6.42 Å². The number of hydrogen-bond donors (Lipinski definition) is 7. The van der Waals surface area contributed by atoms with E-state index >= 15 is 0 Å². The summed E-state index contributed by atoms with van der Waals surface area (Å²) in [5.74, 6) is -3.32. The molecular formula is C24H44N4O8. The van der Waals surface area contributed by atoms with Gasteiger partial charge in [-0.1, -0.05) is 65.7 Å². The first kappa shape index (κ1) is 31.9. The Morgan fingerprint density at radius 2 is 1.50 bits per heavy atom. The third kappa shape index (κ3) is 10.1. The van der Waals surface area contributed by atoms with Crippen LogP contribution in [0.1, 0.15) is 78.6 Å². The number of carbonyl (C=O) groups is 4. The number of rotatable bonds is 16. The number of ether oxygens (including phenoxy) is 1. The van der Waals surface area contributed by atoms with Crippen molar-refractivity contribution in [1.82, 2.24) is 10.6 Å². The average molecular weight is 517 g/mol. The van der Waals surface area contributed by atoms with Gasteiger partial charge in [-0.2, -0.15) is 0 Å². The van der Waals surface area contributed by atoms with Gasteiger partial charge in [0.2, 0.25) is 17.7 Å². The molecule has 1 aliphatic rings. The van der Waals surface area contributed by atoms with Crippen molar-refractivity contribution in [2.75, 3.05) is 0 Å². The van der Waals surface area contributed by atoms with Crippen molar-refractivity contribution in [3.8, 4) is 0 Å². The molecule has 7 atom stereocenters. The number of nitrogens with two attached hydrogens (primary N) is 2. The molecule has 1 heterocycles. The quantitative estimate of drug-likeness (QED) is 0.125. The molecule has 0 aliphatic carbocycles. The van der Waals surface area contributed by atoms with Crippen molar-refractivity contribution in [1.29, 1.82) is 0 Å². The highest BCUT2D eigenvalue weighted by atomic mass is 16.6. The van der Waals surface area contributed by atoms with E-state index in [1.54, 1.807) is 13.8 Å². The fourth-order valence-electron chi connectivity index (χ4n) is 3.99. The summed E-state index contributed by atoms with van der Waals surface area (Å²) in [7, 11) is 0. The zero-order valence-corrected chi connectivity index (χ0v) is 21.5. The number of hydrogen-bond acceptors (Lipinski definition) is 9. The minimum Gasteiger partial charge on any atom is -0.387 e. The number of amides is 3. The number of primary amides is 1. The van der Waals surface area contributed by atoms with Crippen molar-refractivity contribution in [2.45, 2.75) is 121 Å². The summed E-state index contributed by atoms with van der Waals surface area (Å²) < 4.78 is 5.15. The molecule has 0 spiro atoms. The van der Waals surface area contributed by atoms with Crippen molar-refractivity contribution < 1.29 is 39.2 Å². The van der Waals surface area contributed by atoms with Crippen molar-refractivity contribution >= 4 is 23.5 Å². The van der Waals surface area contributed by atoms with E-state index in [0.29, 0.717) is 6.42 Å². The van der Waals surface area contributed by atoms with E-state index in [2.05, 4.69) is 17.6 Å². The van der Waals surface area contributed by atoms with Crippen LogP contribution in [0.5, 0.6) is 0 Å². The van der Waals surface area contributed by atoms with Gasteiger partial charge in [-0.3, -0.25) is 19.2 Å². The Morgan fingerprint density at radius 1 is 0.917 bits per heavy atom. The van der Waals surface area contributed by atoms with E-state index in [-0.39, 0.29) is 0 Å². The van der Waals surface area contributed by atoms with Crippen molar-refractivity contribution in [3.63, 3.8) is 0 Å². The third-order valence-electron chi connectivity index (χ3n) is 6.27. The highest BCUT2D eigenvalue weighted by molar-refractivity contribution is 5.95. The minimum absolute atomic E-state index is 0.391. The van der Waals surface area contributed by atoms with Crippen molar-refractivity contribution in [3.05, 3.63) is 0 Å². The van der Waals surface area contributed by atoms with E-state index in [1.807, 2.05) is 0 Å². The number of unbranched alkanes of at least 4 members (excludes halogenated alkanes) is 6. The van der Waals surface area contributed by atoms with Crippen LogP contribution in [0.3, 0.4) is 0 Å². The molecule has 0 bridgehead atoms. The molecule has 0 aromatic rings. The Kier molecular flexibility index (Phi) is 14.1. The molecule has 1 saturated heterocycles. The van der Waals surface area contributed by atoms with Crippen LogP contribution in [0.25, 0.3) is 0 Å². The SMILES string of the molecule is CCCCCCCCCC(N)C(=O)NC(CC(=O)N[C@@H]1OC(C(N)=O)[C@@H](O)[C@H](O)C1O)C(=O)C(C)C. The maximum atomic E-state index is 12.7. The summed E-state index contributed by atoms with van der Waals surface area (Å²) in [6.07, 6.45) is -1.10. The normalized spacial score (nSPS) is 25.7. The predicted molar refractivity (Wildman–Crippen MR) is 131 cm³/mol. The van der Waals surface area contributed by atoms with E-state index in [1.165, 1.54) is 19.3 Å². The first-order valence-corrected chi connectivity index (χ1v) is 12.8. The highest BCUT2D eigenvalue weighted by Crippen LogP contribution is 2.20. The number of carbonyl (C=O) groups excluding carboxylic acids is 4. The molecule has 1 fully saturated rings. The highest BCUT2D eigenvalue weighted by Gasteiger charge is 2.46. The largest absolute Gasteiger partial charge is 0.387 e. The Bertz CT molecular complexity index is 735. The van der Waals surface area contributed by atoms with E-state index in [0.717, 1.165) is 25.7 Å². The molecule has 0 radical (unpaired) electrons. The van der Waals surface area contributed by atoms with Gasteiger partial charge < -0.3 is 42.2 Å². The second-order valence-corrected chi connectivity index (χ2v) is 9.76. The van der Waals surface area contributed by atoms with Gasteiger partial charge in [-0.25, -0.2) is 0 Å². The van der Waals surface area contributed by atoms with Gasteiger partial charge in [0.15, 0.2) is 18.1 Å². The topological polar surface area (TPSA) is 214 Å². The molecule has 0 saturated carbocycles. The summed E-state index contributed by atoms with van der Waals surface area (Å²) in [4.78, 5) is 49.4. The molecule has 1 aliphatic heterocycles. The molecule has 3 amide bonds. The van der Waals surface area contributed by atoms with Crippen molar-refractivity contribution in [2.24, 2.45) is 17.4 Å². The van der Waals surface area contributed by atoms with Crippen LogP contribution in [-0.4, -0.2) is 81.6 Å². The van der Waals surface area contributed by atoms with Crippen LogP contribution in [0.4, 0.5) is 0 Å². The second-order valence-electron chi connectivity index (χ2n) is 9.76. The maximum Gasteiger partial charge on any atom is 0.249 e. The first-order chi connectivity index (χ1) is 16.9. The fraction of sp³-hybridized carbons (Fsp3) is 0.833. The van der Waals surface area contributed by atoms with Crippen LogP contribution < -0.4 is 22.1 Å². The lowest BCUT2D eigenvalue weighted by atomic mass is 9.96. The minimum atomic E-state index is -1.81. The Balaban J connectivity index is 2.68. The number of ketones is 1. The van der Waals surface area contributed by atoms with Crippen LogP contribution in [-0.2, 0) is 23.9 Å². The van der Waals surface area contributed by atoms with Crippen LogP contribution >= 0.6 is 0 Å². The lowest BCUT2D eigenvalue weighted by Gasteiger charge is -2.39. The lowest BCUT2D eigenvalue weighted by Crippen LogP contribution is -2.65. The van der Waals surface area contributed by atoms with E-state index < -0.39 is 78.6 Å². The zero-order chi connectivity index (χ0) is 27.4. The summed E-state index contributed by atoms with van der Waals surface area (Å²) >= 11 is 0. The number of aliphatic hydroxyl groups excluding tert-OH is 3. The Labute approximate surface area is 212 Å². The van der Waals surface area contributed by atoms with E-state index in [4.69, 9.17) is 16.2 Å². The second kappa shape index (κ2) is 15.9. The number of aliphatic hydroxyl groups is 3. The average Bonchev–Trinajstić information content (AvgIpc) is 2.82. The molecule has 9 N–H and O–H groups in total. The molecule has 0 aromatic carbocycles. The molecule has 12 heteroatoms. The van der Waals surface area contributed by atoms with Gasteiger partial charge >= 0.3 is 0 Å². The third-order valence-corrected chi connectivity index (χ3v) is 6.27. The molecule has 0 aromatic heterocycles. The molecule has 36 heavy (non-hydrogen) atoms. The summed E-state index contributed by atoms with van der Waals surface area (Å²) in [5.41, 5.74) is 11.1. The van der Waals surface area contributed by atoms with E-state index in [9.17, 15) is 34.5 Å². The molecule has 1 rings (SSSR count). The Morgan fingerprint density at radius 3 is 2.06 bits per heavy atom. The molecule has 208 valence electrons. The van der Waals surface area contributed by atoms with Gasteiger partial charge in [-0.15, -0.1) is 0 Å². The van der Waals surface area contributed by atoms with Gasteiger partial charge in [0.05, 0.1) is 18.5 Å². The fourth-order valence-corrected chi connectivity index (χ4v) is 3.99. The first-order valence-electron chi connectivity index (χ1n) is 12.8. The maximum absolute atomic E-state index is 12.7. The monoisotopic (exact) mass is 516 g/mol. The number of Topliss-reactive ketones (excluding diaryl/α,β-unsaturated/α-hetero) is 1. The van der Waals surface area contributed by atoms with Gasteiger partial charge in [0.1, 0.15) is 18.3 Å². The molecule has 12 nitrogen and oxygen atoms in total. The Hall–Kier alpha value is -2.12. The standard InChI is InChI=1S/C24H44N4O8/c1-4-5-6-7-8-9-10-11-14(25)23(35)27-15(17(30)13(2)3)12-16(29)28-24-20(33)18(31)19(32)21(36-24)22(26)34/h13-15,18-21,24,31-33H,4-12,25H2,1-3H3,(H2,26,34)(H,27,35)(H,28,29)/t14?,15?,18-,19-,20?,21?,24+/m0/s1. The van der Waals surface area contributed by atoms with Crippen LogP contribution in [0, 0.1) is 5.92 Å². The smallest absolute Gasteiger partial charge is 0.249 e. The van der Waals surface area contributed by atoms with Crippen LogP contribution in [0.2, 0.25) is 0 Å². The summed E-state index contributed by atoms with van der Waals surface area (Å²) in [5, 5.41) is 34.7. The lowest BCUT2D eigenvalue weighted by molar-refractivity contribution is -0.226. The molecular weight excluding hydrogens is 472 g/mol. The number of nitrogens with one attached hydrogen (secondary N) is 2. The predicted octanol–water partition coefficient (Wildman–Crippen LogP) is -1.04. The van der Waals surface area contributed by atoms with Gasteiger partial charge in [0, 0.05) is 5.92 Å². The molecule has 4 unspecified atom stereocenters. The van der Waals surface area contributed by atoms with Gasteiger partial charge in [0.25, 0.3) is 0 Å².